The second kappa shape index (κ2) is 4.70. The Labute approximate surface area is 129 Å². The zero-order chi connectivity index (χ0) is 16.1. The number of hydrogen-bond donors (Lipinski definition) is 0. The van der Waals surface area contributed by atoms with E-state index >= 15 is 0 Å². The molecule has 23 heavy (non-hydrogen) atoms. The lowest BCUT2D eigenvalue weighted by Gasteiger charge is -2.05. The van der Waals surface area contributed by atoms with Crippen molar-refractivity contribution in [2.24, 2.45) is 0 Å². The molecule has 0 unspecified atom stereocenters. The number of pyridine rings is 1. The predicted octanol–water partition coefficient (Wildman–Crippen LogP) is 2.16. The van der Waals surface area contributed by atoms with Crippen LogP contribution in [-0.2, 0) is 0 Å². The van der Waals surface area contributed by atoms with E-state index in [9.17, 15) is 9.18 Å². The number of fused-ring (bicyclic) bond motifs is 2. The minimum atomic E-state index is -0.488. The zero-order valence-electron chi connectivity index (χ0n) is 12.5. The van der Waals surface area contributed by atoms with Crippen LogP contribution in [0.3, 0.4) is 0 Å². The number of aromatic nitrogens is 5. The van der Waals surface area contributed by atoms with Crippen LogP contribution in [0, 0.1) is 19.7 Å². The minimum Gasteiger partial charge on any atom is -0.269 e. The van der Waals surface area contributed by atoms with E-state index in [1.165, 1.54) is 22.6 Å². The molecule has 4 heterocycles. The molecule has 0 saturated heterocycles. The summed E-state index contributed by atoms with van der Waals surface area (Å²) in [6.45, 7) is 3.82. The number of imidazole rings is 1. The van der Waals surface area contributed by atoms with Gasteiger partial charge in [0.05, 0.1) is 17.6 Å². The van der Waals surface area contributed by atoms with Gasteiger partial charge in [-0.05, 0) is 37.6 Å². The normalized spacial score (nSPS) is 11.4. The van der Waals surface area contributed by atoms with Crippen LogP contribution in [0.4, 0.5) is 4.39 Å². The monoisotopic (exact) mass is 309 g/mol. The van der Waals surface area contributed by atoms with Crippen LogP contribution < -0.4 is 5.56 Å². The molecule has 0 amide bonds. The molecule has 0 spiro atoms. The first kappa shape index (κ1) is 13.6. The fraction of sp³-hybridized carbons (Fsp3) is 0.125. The van der Waals surface area contributed by atoms with E-state index in [2.05, 4.69) is 15.1 Å². The van der Waals surface area contributed by atoms with Crippen molar-refractivity contribution in [2.45, 2.75) is 13.8 Å². The number of hydrogen-bond acceptors (Lipinski definition) is 4. The molecule has 114 valence electrons. The van der Waals surface area contributed by atoms with E-state index in [1.54, 1.807) is 4.52 Å². The summed E-state index contributed by atoms with van der Waals surface area (Å²) in [6, 6.07) is 5.92. The van der Waals surface area contributed by atoms with Crippen LogP contribution in [-0.4, -0.2) is 24.0 Å². The smallest absolute Gasteiger partial charge is 0.258 e. The molecule has 0 fully saturated rings. The summed E-state index contributed by atoms with van der Waals surface area (Å²) in [5.41, 5.74) is 3.59. The van der Waals surface area contributed by atoms with Gasteiger partial charge in [-0.2, -0.15) is 5.10 Å². The van der Waals surface area contributed by atoms with Gasteiger partial charge in [0, 0.05) is 12.3 Å². The number of aryl methyl sites for hydroxylation is 2. The Morgan fingerprint density at radius 3 is 2.70 bits per heavy atom. The first-order chi connectivity index (χ1) is 11.0. The van der Waals surface area contributed by atoms with E-state index in [-0.39, 0.29) is 5.56 Å². The third-order valence-corrected chi connectivity index (χ3v) is 3.62. The van der Waals surface area contributed by atoms with Gasteiger partial charge in [0.25, 0.3) is 5.56 Å². The maximum atomic E-state index is 13.3. The second-order valence-corrected chi connectivity index (χ2v) is 5.42. The van der Waals surface area contributed by atoms with Gasteiger partial charge in [-0.1, -0.05) is 0 Å². The van der Waals surface area contributed by atoms with Crippen molar-refractivity contribution in [3.8, 4) is 11.4 Å². The molecule has 0 aliphatic rings. The summed E-state index contributed by atoms with van der Waals surface area (Å²) >= 11 is 0. The second-order valence-electron chi connectivity index (χ2n) is 5.42. The Morgan fingerprint density at radius 1 is 1.04 bits per heavy atom. The van der Waals surface area contributed by atoms with Crippen LogP contribution in [0.25, 0.3) is 22.7 Å². The fourth-order valence-corrected chi connectivity index (χ4v) is 2.58. The molecule has 7 heteroatoms. The van der Waals surface area contributed by atoms with Gasteiger partial charge in [0.1, 0.15) is 17.2 Å². The lowest BCUT2D eigenvalue weighted by molar-refractivity contribution is 0.617. The van der Waals surface area contributed by atoms with Gasteiger partial charge >= 0.3 is 0 Å². The Bertz CT molecular complexity index is 1130. The molecule has 0 aliphatic heterocycles. The Balaban J connectivity index is 1.98. The number of nitrogens with zero attached hydrogens (tertiary/aromatic N) is 5. The Kier molecular flexibility index (Phi) is 2.77. The van der Waals surface area contributed by atoms with Crippen molar-refractivity contribution < 1.29 is 4.39 Å². The van der Waals surface area contributed by atoms with E-state index in [4.69, 9.17) is 0 Å². The van der Waals surface area contributed by atoms with Crippen molar-refractivity contribution >= 4 is 11.3 Å². The Morgan fingerprint density at radius 2 is 1.87 bits per heavy atom. The molecule has 0 aliphatic carbocycles. The van der Waals surface area contributed by atoms with Crippen LogP contribution >= 0.6 is 0 Å². The van der Waals surface area contributed by atoms with E-state index in [0.717, 1.165) is 23.1 Å². The highest BCUT2D eigenvalue weighted by atomic mass is 19.1. The molecule has 0 aromatic carbocycles. The van der Waals surface area contributed by atoms with Gasteiger partial charge in [0.15, 0.2) is 5.65 Å². The largest absolute Gasteiger partial charge is 0.269 e. The molecule has 0 saturated carbocycles. The lowest BCUT2D eigenvalue weighted by atomic mass is 10.2. The van der Waals surface area contributed by atoms with Crippen molar-refractivity contribution in [3.63, 3.8) is 0 Å². The Hall–Kier alpha value is -3.09. The third kappa shape index (κ3) is 2.17. The third-order valence-electron chi connectivity index (χ3n) is 3.62. The molecule has 6 nitrogen and oxygen atoms in total. The van der Waals surface area contributed by atoms with E-state index in [0.29, 0.717) is 17.0 Å². The maximum Gasteiger partial charge on any atom is 0.258 e. The van der Waals surface area contributed by atoms with Gasteiger partial charge in [-0.25, -0.2) is 18.9 Å². The maximum absolute atomic E-state index is 13.3. The fourth-order valence-electron chi connectivity index (χ4n) is 2.58. The first-order valence-electron chi connectivity index (χ1n) is 7.04. The first-order valence-corrected chi connectivity index (χ1v) is 7.04. The molecule has 0 bridgehead atoms. The van der Waals surface area contributed by atoms with Crippen molar-refractivity contribution in [3.05, 3.63) is 64.1 Å². The molecular weight excluding hydrogens is 297 g/mol. The van der Waals surface area contributed by atoms with Gasteiger partial charge < -0.3 is 0 Å². The zero-order valence-corrected chi connectivity index (χ0v) is 12.5. The van der Waals surface area contributed by atoms with E-state index < -0.39 is 5.82 Å². The number of halogens is 1. The molecule has 0 N–H and O–H groups in total. The van der Waals surface area contributed by atoms with Gasteiger partial charge in [0.2, 0.25) is 0 Å². The van der Waals surface area contributed by atoms with Crippen molar-refractivity contribution in [2.75, 3.05) is 0 Å². The van der Waals surface area contributed by atoms with Crippen LogP contribution in [0.2, 0.25) is 0 Å². The summed E-state index contributed by atoms with van der Waals surface area (Å²) in [7, 11) is 0. The predicted molar refractivity (Wildman–Crippen MR) is 82.9 cm³/mol. The minimum absolute atomic E-state index is 0.356. The topological polar surface area (TPSA) is 64.6 Å². The van der Waals surface area contributed by atoms with Crippen LogP contribution in [0.1, 0.15) is 11.3 Å². The molecular formula is C16H12FN5O. The highest BCUT2D eigenvalue weighted by Gasteiger charge is 2.11. The summed E-state index contributed by atoms with van der Waals surface area (Å²) in [6.07, 6.45) is 2.94. The standard InChI is InChI=1S/C16H12FN5O/c1-9-5-13(20-22-7-10(2)18-16(9)22)12-6-15(23)21-8-11(17)3-4-14(21)19-12/h3-8H,1-2H3. The summed E-state index contributed by atoms with van der Waals surface area (Å²) in [4.78, 5) is 21.0. The molecule has 4 rings (SSSR count). The molecule has 0 radical (unpaired) electrons. The average Bonchev–Trinajstić information content (AvgIpc) is 2.89. The SMILES string of the molecule is Cc1cn2nc(-c3cc(=O)n4cc(F)ccc4n3)cc(C)c2n1. The van der Waals surface area contributed by atoms with E-state index in [1.807, 2.05) is 26.1 Å². The van der Waals surface area contributed by atoms with Crippen LogP contribution in [0.5, 0.6) is 0 Å². The van der Waals surface area contributed by atoms with Gasteiger partial charge in [-0.15, -0.1) is 0 Å². The van der Waals surface area contributed by atoms with Crippen LogP contribution in [0.15, 0.2) is 41.5 Å². The van der Waals surface area contributed by atoms with Gasteiger partial charge in [-0.3, -0.25) is 9.20 Å². The van der Waals surface area contributed by atoms with Crippen molar-refractivity contribution in [1.29, 1.82) is 0 Å². The number of rotatable bonds is 1. The lowest BCUT2D eigenvalue weighted by Crippen LogP contribution is -2.15. The summed E-state index contributed by atoms with van der Waals surface area (Å²) in [5.74, 6) is -0.488. The highest BCUT2D eigenvalue weighted by Crippen LogP contribution is 2.18. The average molecular weight is 309 g/mol. The quantitative estimate of drug-likeness (QED) is 0.540. The highest BCUT2D eigenvalue weighted by molar-refractivity contribution is 5.61. The molecule has 4 aromatic heterocycles. The van der Waals surface area contributed by atoms with Crippen molar-refractivity contribution in [1.82, 2.24) is 24.0 Å². The summed E-state index contributed by atoms with van der Waals surface area (Å²) in [5, 5.41) is 4.46. The molecule has 0 atom stereocenters. The molecule has 4 aromatic rings. The summed E-state index contributed by atoms with van der Waals surface area (Å²) < 4.78 is 16.1.